The monoisotopic (exact) mass is 182 g/mol. The van der Waals surface area contributed by atoms with Gasteiger partial charge >= 0.3 is 0 Å². The molecule has 0 fully saturated rings. The largest absolute Gasteiger partial charge is 0.580 e. The predicted octanol–water partition coefficient (Wildman–Crippen LogP) is -3.86. The Hall–Kier alpha value is -0.320. The van der Waals surface area contributed by atoms with E-state index < -0.39 is 10.7 Å². The summed E-state index contributed by atoms with van der Waals surface area (Å²) in [6.07, 6.45) is 1.19. The molecule has 0 saturated carbocycles. The molecule has 0 aromatic heterocycles. The van der Waals surface area contributed by atoms with Gasteiger partial charge in [0.2, 0.25) is 0 Å². The first-order chi connectivity index (χ1) is 5.63. The van der Waals surface area contributed by atoms with Gasteiger partial charge in [0.15, 0.2) is 0 Å². The van der Waals surface area contributed by atoms with Crippen molar-refractivity contribution in [2.45, 2.75) is 12.8 Å². The molecule has 0 aliphatic rings. The number of nitrogens with two attached hydrogens (primary N) is 2. The molecular weight excluding hydrogens is 168 g/mol. The summed E-state index contributed by atoms with van der Waals surface area (Å²) in [7, 11) is 0. The zero-order valence-corrected chi connectivity index (χ0v) is 6.62. The Morgan fingerprint density at radius 1 is 0.917 bits per heavy atom. The molecule has 6 N–H and O–H groups in total. The Morgan fingerprint density at radius 3 is 1.50 bits per heavy atom. The Morgan fingerprint density at radius 2 is 1.25 bits per heavy atom. The third kappa shape index (κ3) is 9.68. The topological polar surface area (TPSA) is 126 Å². The highest BCUT2D eigenvalue weighted by Crippen LogP contribution is 1.85. The number of unbranched alkanes of at least 4 members (excludes halogenated alkanes) is 1. The van der Waals surface area contributed by atoms with Crippen LogP contribution in [0.25, 0.3) is 0 Å². The normalized spacial score (nSPS) is 16.0. The third-order valence-corrected chi connectivity index (χ3v) is 1.03. The van der Waals surface area contributed by atoms with Crippen molar-refractivity contribution in [3.63, 3.8) is 0 Å². The Bertz CT molecular complexity index is 89.1. The molecule has 0 aliphatic heterocycles. The first-order valence-electron chi connectivity index (χ1n) is 3.47. The van der Waals surface area contributed by atoms with Crippen LogP contribution in [0.2, 0.25) is 0 Å². The SMILES string of the molecule is N[NH+]([O-])OCCCCO[NH+](N)[O-]. The van der Waals surface area contributed by atoms with E-state index in [1.165, 1.54) is 0 Å². The molecule has 0 aliphatic carbocycles. The van der Waals surface area contributed by atoms with E-state index in [0.29, 0.717) is 12.8 Å². The Balaban J connectivity index is 2.91. The van der Waals surface area contributed by atoms with Gasteiger partial charge < -0.3 is 10.4 Å². The molecule has 0 aromatic carbocycles. The van der Waals surface area contributed by atoms with Crippen LogP contribution in [-0.2, 0) is 9.68 Å². The van der Waals surface area contributed by atoms with Gasteiger partial charge in [-0.15, -0.1) is 22.4 Å². The quantitative estimate of drug-likeness (QED) is 0.181. The fraction of sp³-hybridized carbons (Fsp3) is 1.00. The second-order valence-corrected chi connectivity index (χ2v) is 2.04. The van der Waals surface area contributed by atoms with Crippen molar-refractivity contribution in [3.8, 4) is 0 Å². The zero-order chi connectivity index (χ0) is 9.40. The van der Waals surface area contributed by atoms with Crippen LogP contribution >= 0.6 is 0 Å². The smallest absolute Gasteiger partial charge is 0.109 e. The zero-order valence-electron chi connectivity index (χ0n) is 6.62. The molecule has 0 bridgehead atoms. The summed E-state index contributed by atoms with van der Waals surface area (Å²) in [5.41, 5.74) is 0. The van der Waals surface area contributed by atoms with Crippen LogP contribution in [0, 0.1) is 10.4 Å². The van der Waals surface area contributed by atoms with Crippen LogP contribution in [0.1, 0.15) is 12.8 Å². The van der Waals surface area contributed by atoms with Gasteiger partial charge in [0.25, 0.3) is 0 Å². The van der Waals surface area contributed by atoms with E-state index in [0.717, 1.165) is 0 Å². The lowest BCUT2D eigenvalue weighted by molar-refractivity contribution is -1.06. The van der Waals surface area contributed by atoms with Gasteiger partial charge in [-0.2, -0.15) is 9.68 Å². The summed E-state index contributed by atoms with van der Waals surface area (Å²) in [6.45, 7) is 0.467. The molecule has 2 unspecified atom stereocenters. The van der Waals surface area contributed by atoms with Crippen LogP contribution in [-0.4, -0.2) is 13.2 Å². The van der Waals surface area contributed by atoms with Gasteiger partial charge in [0, 0.05) is 0 Å². The number of hydrogen-bond acceptors (Lipinski definition) is 6. The molecule has 12 heavy (non-hydrogen) atoms. The molecule has 0 saturated heterocycles. The van der Waals surface area contributed by atoms with Crippen LogP contribution < -0.4 is 22.4 Å². The van der Waals surface area contributed by atoms with Gasteiger partial charge in [0.05, 0.1) is 0 Å². The lowest BCUT2D eigenvalue weighted by Gasteiger charge is -2.13. The van der Waals surface area contributed by atoms with Gasteiger partial charge in [-0.3, -0.25) is 0 Å². The summed E-state index contributed by atoms with van der Waals surface area (Å²) in [6, 6.07) is 0. The van der Waals surface area contributed by atoms with E-state index in [1.54, 1.807) is 0 Å². The molecule has 0 heterocycles. The summed E-state index contributed by atoms with van der Waals surface area (Å²) in [5.74, 6) is 9.38. The average Bonchev–Trinajstić information content (AvgIpc) is 1.95. The summed E-state index contributed by atoms with van der Waals surface area (Å²) >= 11 is 0. The molecule has 0 spiro atoms. The van der Waals surface area contributed by atoms with Crippen LogP contribution in [0.4, 0.5) is 0 Å². The minimum Gasteiger partial charge on any atom is -0.580 e. The minimum atomic E-state index is -0.800. The van der Waals surface area contributed by atoms with E-state index in [9.17, 15) is 10.4 Å². The summed E-state index contributed by atoms with van der Waals surface area (Å²) in [4.78, 5) is 8.83. The highest BCUT2D eigenvalue weighted by molar-refractivity contribution is 4.33. The Kier molecular flexibility index (Phi) is 7.14. The minimum absolute atomic E-state index is 0.234. The molecule has 0 amide bonds. The van der Waals surface area contributed by atoms with Crippen LogP contribution in [0.3, 0.4) is 0 Å². The molecule has 0 aromatic rings. The Labute approximate surface area is 69.6 Å². The first kappa shape index (κ1) is 11.7. The second kappa shape index (κ2) is 7.34. The molecule has 0 radical (unpaired) electrons. The highest BCUT2D eigenvalue weighted by Gasteiger charge is 1.94. The van der Waals surface area contributed by atoms with Crippen LogP contribution in [0.5, 0.6) is 0 Å². The molecule has 8 nitrogen and oxygen atoms in total. The molecular formula is C4H14N4O4. The first-order valence-corrected chi connectivity index (χ1v) is 3.47. The van der Waals surface area contributed by atoms with Crippen molar-refractivity contribution in [2.75, 3.05) is 13.2 Å². The predicted molar refractivity (Wildman–Crippen MR) is 38.2 cm³/mol. The fourth-order valence-corrected chi connectivity index (χ4v) is 0.550. The number of quaternary nitrogens is 2. The second-order valence-electron chi connectivity index (χ2n) is 2.04. The molecule has 74 valence electrons. The summed E-state index contributed by atoms with van der Waals surface area (Å²) < 4.78 is 0. The molecule has 8 heteroatoms. The van der Waals surface area contributed by atoms with Gasteiger partial charge in [-0.05, 0) is 12.8 Å². The van der Waals surface area contributed by atoms with E-state index >= 15 is 0 Å². The average molecular weight is 182 g/mol. The van der Waals surface area contributed by atoms with Crippen molar-refractivity contribution in [1.29, 1.82) is 0 Å². The third-order valence-electron chi connectivity index (χ3n) is 1.03. The molecule has 0 rings (SSSR count). The maximum Gasteiger partial charge on any atom is 0.109 e. The van der Waals surface area contributed by atoms with E-state index in [2.05, 4.69) is 21.4 Å². The van der Waals surface area contributed by atoms with Crippen molar-refractivity contribution in [2.24, 2.45) is 11.7 Å². The maximum absolute atomic E-state index is 10.0. The lowest BCUT2D eigenvalue weighted by Crippen LogP contribution is -3.12. The number of hydrogen-bond donors (Lipinski definition) is 4. The van der Waals surface area contributed by atoms with Crippen LogP contribution in [0.15, 0.2) is 0 Å². The van der Waals surface area contributed by atoms with Crippen molar-refractivity contribution < 1.29 is 20.3 Å². The van der Waals surface area contributed by atoms with Gasteiger partial charge in [0.1, 0.15) is 13.2 Å². The standard InChI is InChI=1S/C4H14N4O4/c5-7(9)11-3-1-2-4-12-8(6)10/h7-8H,1-6H2. The lowest BCUT2D eigenvalue weighted by atomic mass is 10.3. The van der Waals surface area contributed by atoms with Gasteiger partial charge in [-0.1, -0.05) is 0 Å². The fourth-order valence-electron chi connectivity index (χ4n) is 0.550. The molecule has 2 atom stereocenters. The van der Waals surface area contributed by atoms with Crippen molar-refractivity contribution in [3.05, 3.63) is 10.4 Å². The van der Waals surface area contributed by atoms with E-state index in [-0.39, 0.29) is 13.2 Å². The van der Waals surface area contributed by atoms with E-state index in [1.807, 2.05) is 0 Å². The van der Waals surface area contributed by atoms with Gasteiger partial charge in [-0.25, -0.2) is 0 Å². The van der Waals surface area contributed by atoms with Crippen molar-refractivity contribution in [1.82, 2.24) is 0 Å². The number of nitrogens with one attached hydrogen (secondary N) is 2. The maximum atomic E-state index is 10.0. The number of rotatable bonds is 7. The highest BCUT2D eigenvalue weighted by atomic mass is 16.9. The van der Waals surface area contributed by atoms with Crippen molar-refractivity contribution >= 4 is 0 Å². The van der Waals surface area contributed by atoms with E-state index in [4.69, 9.17) is 0 Å². The summed E-state index contributed by atoms with van der Waals surface area (Å²) in [5, 5.41) is 18.5.